The number of hydrogen-bond donors (Lipinski definition) is 1. The minimum absolute atomic E-state index is 0.222. The van der Waals surface area contributed by atoms with E-state index in [4.69, 9.17) is 4.42 Å². The lowest BCUT2D eigenvalue weighted by Gasteiger charge is -2.24. The zero-order chi connectivity index (χ0) is 14.5. The van der Waals surface area contributed by atoms with Crippen molar-refractivity contribution in [3.63, 3.8) is 0 Å². The van der Waals surface area contributed by atoms with Crippen molar-refractivity contribution in [2.45, 2.75) is 36.9 Å². The summed E-state index contributed by atoms with van der Waals surface area (Å²) in [5.74, 6) is 0.106. The van der Waals surface area contributed by atoms with E-state index in [-0.39, 0.29) is 5.75 Å². The van der Waals surface area contributed by atoms with Crippen LogP contribution in [0.4, 0.5) is 8.78 Å². The smallest absolute Gasteiger partial charge is 0.284 e. The molecule has 0 saturated heterocycles. The fraction of sp³-hybridized carbons (Fsp3) is 0.714. The summed E-state index contributed by atoms with van der Waals surface area (Å²) in [7, 11) is 4.22. The maximum atomic E-state index is 12.1. The minimum atomic E-state index is -2.35. The summed E-state index contributed by atoms with van der Waals surface area (Å²) in [4.78, 5) is 2.26. The van der Waals surface area contributed by atoms with Crippen molar-refractivity contribution in [1.82, 2.24) is 10.2 Å². The van der Waals surface area contributed by atoms with Crippen LogP contribution in [-0.4, -0.2) is 37.3 Å². The first-order chi connectivity index (χ1) is 9.56. The molecule has 1 heterocycles. The molecule has 114 valence electrons. The summed E-state index contributed by atoms with van der Waals surface area (Å²) >= 11 is 0.588. The molecule has 0 radical (unpaired) electrons. The van der Waals surface area contributed by atoms with Crippen LogP contribution in [0.3, 0.4) is 0 Å². The number of alkyl halides is 2. The average molecular weight is 304 g/mol. The topological polar surface area (TPSA) is 28.4 Å². The van der Waals surface area contributed by atoms with Crippen molar-refractivity contribution in [3.8, 4) is 0 Å². The lowest BCUT2D eigenvalue weighted by Crippen LogP contribution is -2.39. The van der Waals surface area contributed by atoms with Crippen molar-refractivity contribution in [2.24, 2.45) is 5.92 Å². The second-order valence-corrected chi connectivity index (χ2v) is 6.42. The van der Waals surface area contributed by atoms with Crippen LogP contribution in [0, 0.1) is 5.92 Å². The Morgan fingerprint density at radius 2 is 2.05 bits per heavy atom. The van der Waals surface area contributed by atoms with Gasteiger partial charge in [0.15, 0.2) is 0 Å². The molecule has 1 aromatic rings. The van der Waals surface area contributed by atoms with Crippen LogP contribution in [0.1, 0.15) is 24.4 Å². The summed E-state index contributed by atoms with van der Waals surface area (Å²) in [6.07, 6.45) is 2.64. The van der Waals surface area contributed by atoms with Gasteiger partial charge in [-0.2, -0.15) is 8.78 Å². The molecule has 1 N–H and O–H groups in total. The standard InChI is InChI=1S/C14H22F2N2OS/c1-18(2)13(10-3-4-10)8-17-7-11-5-6-12(19-11)9-20-14(15)16/h5-6,10,13-14,17H,3-4,7-9H2,1-2H3. The molecule has 1 aliphatic rings. The van der Waals surface area contributed by atoms with E-state index in [1.54, 1.807) is 6.07 Å². The van der Waals surface area contributed by atoms with Crippen molar-refractivity contribution in [3.05, 3.63) is 23.7 Å². The third-order valence-corrected chi connectivity index (χ3v) is 4.25. The molecule has 6 heteroatoms. The molecule has 20 heavy (non-hydrogen) atoms. The maximum Gasteiger partial charge on any atom is 0.284 e. The second-order valence-electron chi connectivity index (χ2n) is 5.44. The van der Waals surface area contributed by atoms with Crippen LogP contribution in [-0.2, 0) is 12.3 Å². The van der Waals surface area contributed by atoms with E-state index < -0.39 is 5.76 Å². The third-order valence-electron chi connectivity index (χ3n) is 3.55. The van der Waals surface area contributed by atoms with Crippen LogP contribution in [0.25, 0.3) is 0 Å². The molecule has 2 rings (SSSR count). The highest BCUT2D eigenvalue weighted by Gasteiger charge is 2.32. The van der Waals surface area contributed by atoms with Crippen LogP contribution in [0.15, 0.2) is 16.5 Å². The molecule has 0 aromatic carbocycles. The van der Waals surface area contributed by atoms with Gasteiger partial charge in [-0.05, 0) is 45.0 Å². The summed E-state index contributed by atoms with van der Waals surface area (Å²) in [6, 6.07) is 4.20. The van der Waals surface area contributed by atoms with Crippen molar-refractivity contribution in [2.75, 3.05) is 20.6 Å². The average Bonchev–Trinajstić information content (AvgIpc) is 3.11. The van der Waals surface area contributed by atoms with Crippen molar-refractivity contribution in [1.29, 1.82) is 0 Å². The fourth-order valence-electron chi connectivity index (χ4n) is 2.34. The van der Waals surface area contributed by atoms with Crippen LogP contribution >= 0.6 is 11.8 Å². The monoisotopic (exact) mass is 304 g/mol. The highest BCUT2D eigenvalue weighted by Crippen LogP contribution is 2.34. The normalized spacial score (nSPS) is 17.1. The van der Waals surface area contributed by atoms with Crippen LogP contribution in [0.5, 0.6) is 0 Å². The Hall–Kier alpha value is -0.590. The number of thioether (sulfide) groups is 1. The molecule has 1 aliphatic carbocycles. The van der Waals surface area contributed by atoms with E-state index in [0.29, 0.717) is 30.1 Å². The molecule has 0 bridgehead atoms. The lowest BCUT2D eigenvalue weighted by atomic mass is 10.1. The Morgan fingerprint density at radius 3 is 2.65 bits per heavy atom. The van der Waals surface area contributed by atoms with Gasteiger partial charge in [0.2, 0.25) is 0 Å². The van der Waals surface area contributed by atoms with Crippen LogP contribution in [0.2, 0.25) is 0 Å². The van der Waals surface area contributed by atoms with E-state index >= 15 is 0 Å². The van der Waals surface area contributed by atoms with Gasteiger partial charge < -0.3 is 14.6 Å². The number of halogens is 2. The Kier molecular flexibility index (Phi) is 5.86. The van der Waals surface area contributed by atoms with Gasteiger partial charge in [-0.15, -0.1) is 0 Å². The predicted octanol–water partition coefficient (Wildman–Crippen LogP) is 3.17. The second kappa shape index (κ2) is 7.43. The van der Waals surface area contributed by atoms with Gasteiger partial charge in [0.25, 0.3) is 5.76 Å². The number of hydrogen-bond acceptors (Lipinski definition) is 4. The van der Waals surface area contributed by atoms with Gasteiger partial charge >= 0.3 is 0 Å². The summed E-state index contributed by atoms with van der Waals surface area (Å²) in [5, 5.41) is 3.39. The van der Waals surface area contributed by atoms with E-state index in [2.05, 4.69) is 24.3 Å². The molecule has 3 nitrogen and oxygen atoms in total. The number of nitrogens with zero attached hydrogens (tertiary/aromatic N) is 1. The first-order valence-corrected chi connectivity index (χ1v) is 7.95. The minimum Gasteiger partial charge on any atom is -0.464 e. The van der Waals surface area contributed by atoms with Gasteiger partial charge in [-0.1, -0.05) is 11.8 Å². The number of furan rings is 1. The van der Waals surface area contributed by atoms with E-state index in [1.807, 2.05) is 6.07 Å². The Labute approximate surface area is 123 Å². The first-order valence-electron chi connectivity index (χ1n) is 6.90. The molecule has 0 spiro atoms. The Morgan fingerprint density at radius 1 is 1.35 bits per heavy atom. The largest absolute Gasteiger partial charge is 0.464 e. The molecular weight excluding hydrogens is 282 g/mol. The highest BCUT2D eigenvalue weighted by molar-refractivity contribution is 7.98. The van der Waals surface area contributed by atoms with Gasteiger partial charge in [0.1, 0.15) is 11.5 Å². The fourth-order valence-corrected chi connectivity index (χ4v) is 2.78. The molecular formula is C14H22F2N2OS. The van der Waals surface area contributed by atoms with E-state index in [0.717, 1.165) is 18.2 Å². The molecule has 1 fully saturated rings. The van der Waals surface area contributed by atoms with Gasteiger partial charge in [0, 0.05) is 12.6 Å². The first kappa shape index (κ1) is 15.8. The third kappa shape index (κ3) is 5.07. The molecule has 1 saturated carbocycles. The summed E-state index contributed by atoms with van der Waals surface area (Å²) in [6.45, 7) is 1.58. The summed E-state index contributed by atoms with van der Waals surface area (Å²) < 4.78 is 29.7. The SMILES string of the molecule is CN(C)C(CNCc1ccc(CSC(F)F)o1)C1CC1. The van der Waals surface area contributed by atoms with E-state index in [1.165, 1.54) is 12.8 Å². The quantitative estimate of drug-likeness (QED) is 0.758. The van der Waals surface area contributed by atoms with E-state index in [9.17, 15) is 8.78 Å². The highest BCUT2D eigenvalue weighted by atomic mass is 32.2. The van der Waals surface area contributed by atoms with Crippen molar-refractivity contribution < 1.29 is 13.2 Å². The number of likely N-dealkylation sites (N-methyl/N-ethyl adjacent to an activating group) is 1. The molecule has 1 unspecified atom stereocenters. The van der Waals surface area contributed by atoms with Gasteiger partial charge in [-0.25, -0.2) is 0 Å². The molecule has 0 amide bonds. The number of rotatable bonds is 9. The number of nitrogens with one attached hydrogen (secondary N) is 1. The Bertz CT molecular complexity index is 406. The van der Waals surface area contributed by atoms with Gasteiger partial charge in [-0.3, -0.25) is 0 Å². The van der Waals surface area contributed by atoms with Crippen LogP contribution < -0.4 is 5.32 Å². The maximum absolute atomic E-state index is 12.1. The molecule has 1 atom stereocenters. The predicted molar refractivity (Wildman–Crippen MR) is 77.9 cm³/mol. The van der Waals surface area contributed by atoms with Gasteiger partial charge in [0.05, 0.1) is 12.3 Å². The Balaban J connectivity index is 1.71. The summed E-state index contributed by atoms with van der Waals surface area (Å²) in [5.41, 5.74) is 0. The molecule has 0 aliphatic heterocycles. The van der Waals surface area contributed by atoms with Crippen molar-refractivity contribution >= 4 is 11.8 Å². The zero-order valence-corrected chi connectivity index (χ0v) is 12.8. The zero-order valence-electron chi connectivity index (χ0n) is 11.9. The molecule has 1 aromatic heterocycles. The lowest BCUT2D eigenvalue weighted by molar-refractivity contribution is 0.251.